The highest BCUT2D eigenvalue weighted by Gasteiger charge is 2.25. The number of aldehydes is 3. The van der Waals surface area contributed by atoms with Crippen LogP contribution in [0.1, 0.15) is 41.6 Å². The molecule has 0 saturated carbocycles. The molecule has 0 atom stereocenters. The van der Waals surface area contributed by atoms with Crippen LogP contribution in [-0.2, 0) is 0 Å². The maximum Gasteiger partial charge on any atom is 0.355 e. The summed E-state index contributed by atoms with van der Waals surface area (Å²) in [5.41, 5.74) is -0.544. The number of nitrogens with zero attached hydrogens (tertiary/aromatic N) is 3. The molecular formula is C19H11N3O5. The second-order valence-corrected chi connectivity index (χ2v) is 5.32. The van der Waals surface area contributed by atoms with Crippen LogP contribution in [0.4, 0.5) is 0 Å². The van der Waals surface area contributed by atoms with Gasteiger partial charge >= 0.3 is 5.97 Å². The molecule has 27 heavy (non-hydrogen) atoms. The Morgan fingerprint density at radius 3 is 2.11 bits per heavy atom. The zero-order valence-corrected chi connectivity index (χ0v) is 13.7. The number of aromatic carboxylic acids is 1. The lowest BCUT2D eigenvalue weighted by Crippen LogP contribution is -2.13. The second kappa shape index (κ2) is 7.44. The summed E-state index contributed by atoms with van der Waals surface area (Å²) in [6.45, 7) is 0. The fraction of sp³-hybridized carbons (Fsp3) is 0. The van der Waals surface area contributed by atoms with Crippen LogP contribution in [0.25, 0.3) is 22.6 Å². The summed E-state index contributed by atoms with van der Waals surface area (Å²) in [6, 6.07) is 8.29. The maximum atomic E-state index is 11.7. The van der Waals surface area contributed by atoms with Crippen molar-refractivity contribution in [3.05, 3.63) is 65.1 Å². The molecule has 0 aliphatic rings. The van der Waals surface area contributed by atoms with E-state index in [1.54, 1.807) is 36.5 Å². The smallest absolute Gasteiger partial charge is 0.355 e. The second-order valence-electron chi connectivity index (χ2n) is 5.32. The SMILES string of the molecule is O=Cc1c(C(=O)O)nc(-c2cccnc2-c2ccccn2)c(C=O)c1C=O. The molecule has 0 bridgehead atoms. The van der Waals surface area contributed by atoms with Crippen LogP contribution in [0.3, 0.4) is 0 Å². The Morgan fingerprint density at radius 1 is 0.815 bits per heavy atom. The quantitative estimate of drug-likeness (QED) is 0.663. The van der Waals surface area contributed by atoms with Crippen molar-refractivity contribution < 1.29 is 24.3 Å². The maximum absolute atomic E-state index is 11.7. The molecule has 0 radical (unpaired) electrons. The van der Waals surface area contributed by atoms with Crippen LogP contribution < -0.4 is 0 Å². The van der Waals surface area contributed by atoms with Gasteiger partial charge in [0.05, 0.1) is 28.2 Å². The summed E-state index contributed by atoms with van der Waals surface area (Å²) in [6.07, 6.45) is 3.88. The van der Waals surface area contributed by atoms with Gasteiger partial charge in [0.15, 0.2) is 24.6 Å². The molecule has 3 aromatic heterocycles. The summed E-state index contributed by atoms with van der Waals surface area (Å²) in [5, 5.41) is 9.38. The number of hydrogen-bond acceptors (Lipinski definition) is 7. The summed E-state index contributed by atoms with van der Waals surface area (Å²) in [5.74, 6) is -1.50. The Bertz CT molecular complexity index is 1060. The van der Waals surface area contributed by atoms with Crippen molar-refractivity contribution >= 4 is 24.8 Å². The van der Waals surface area contributed by atoms with E-state index in [2.05, 4.69) is 15.0 Å². The van der Waals surface area contributed by atoms with Crippen LogP contribution in [0.5, 0.6) is 0 Å². The first-order valence-electron chi connectivity index (χ1n) is 7.66. The third kappa shape index (κ3) is 3.11. The average Bonchev–Trinajstić information content (AvgIpc) is 2.72. The molecule has 0 aliphatic heterocycles. The molecule has 0 unspecified atom stereocenters. The standard InChI is InChI=1S/C19H11N3O5/c23-8-12-13(9-24)16(22-18(19(26)27)14(12)10-25)11-4-3-7-21-17(11)15-5-1-2-6-20-15/h1-10H,(H,26,27). The molecule has 1 N–H and O–H groups in total. The van der Waals surface area contributed by atoms with Gasteiger partial charge in [-0.25, -0.2) is 9.78 Å². The number of rotatable bonds is 6. The number of pyridine rings is 3. The highest BCUT2D eigenvalue weighted by atomic mass is 16.4. The van der Waals surface area contributed by atoms with Crippen LogP contribution in [-0.4, -0.2) is 44.9 Å². The highest BCUT2D eigenvalue weighted by Crippen LogP contribution is 2.32. The third-order valence-corrected chi connectivity index (χ3v) is 3.84. The lowest BCUT2D eigenvalue weighted by Gasteiger charge is -2.13. The average molecular weight is 361 g/mol. The lowest BCUT2D eigenvalue weighted by molar-refractivity contribution is 0.0687. The van der Waals surface area contributed by atoms with Crippen molar-refractivity contribution in [2.24, 2.45) is 0 Å². The van der Waals surface area contributed by atoms with E-state index in [1.807, 2.05) is 0 Å². The van der Waals surface area contributed by atoms with Crippen LogP contribution >= 0.6 is 0 Å². The molecule has 8 heteroatoms. The molecular weight excluding hydrogens is 350 g/mol. The zero-order valence-electron chi connectivity index (χ0n) is 13.7. The van der Waals surface area contributed by atoms with Crippen LogP contribution in [0, 0.1) is 0 Å². The topological polar surface area (TPSA) is 127 Å². The fourth-order valence-electron chi connectivity index (χ4n) is 2.67. The van der Waals surface area contributed by atoms with Gasteiger partial charge in [0.25, 0.3) is 0 Å². The Balaban J connectivity index is 2.41. The molecule has 0 aromatic carbocycles. The van der Waals surface area contributed by atoms with Crippen LogP contribution in [0.15, 0.2) is 42.7 Å². The van der Waals surface area contributed by atoms with Gasteiger partial charge in [0.2, 0.25) is 0 Å². The summed E-state index contributed by atoms with van der Waals surface area (Å²) in [7, 11) is 0. The van der Waals surface area contributed by atoms with Crippen molar-refractivity contribution in [1.82, 2.24) is 15.0 Å². The van der Waals surface area contributed by atoms with Crippen molar-refractivity contribution in [3.63, 3.8) is 0 Å². The van der Waals surface area contributed by atoms with Gasteiger partial charge in [0, 0.05) is 23.5 Å². The molecule has 0 amide bonds. The number of carbonyl (C=O) groups excluding carboxylic acids is 3. The summed E-state index contributed by atoms with van der Waals surface area (Å²) < 4.78 is 0. The molecule has 3 aromatic rings. The number of aromatic nitrogens is 3. The van der Waals surface area contributed by atoms with Crippen molar-refractivity contribution in [1.29, 1.82) is 0 Å². The van der Waals surface area contributed by atoms with Crippen molar-refractivity contribution in [3.8, 4) is 22.6 Å². The van der Waals surface area contributed by atoms with Gasteiger partial charge in [0.1, 0.15) is 0 Å². The summed E-state index contributed by atoms with van der Waals surface area (Å²) >= 11 is 0. The normalized spacial score (nSPS) is 10.2. The minimum Gasteiger partial charge on any atom is -0.476 e. The number of carboxylic acid groups (broad SMARTS) is 1. The minimum atomic E-state index is -1.50. The molecule has 132 valence electrons. The van der Waals surface area contributed by atoms with Crippen LogP contribution in [0.2, 0.25) is 0 Å². The molecule has 3 heterocycles. The number of hydrogen-bond donors (Lipinski definition) is 1. The Labute approximate surface area is 152 Å². The Kier molecular flexibility index (Phi) is 4.89. The first-order valence-corrected chi connectivity index (χ1v) is 7.66. The number of carboxylic acids is 1. The molecule has 0 aliphatic carbocycles. The van der Waals surface area contributed by atoms with Gasteiger partial charge in [-0.15, -0.1) is 0 Å². The molecule has 0 spiro atoms. The molecule has 0 fully saturated rings. The van der Waals surface area contributed by atoms with E-state index in [0.29, 0.717) is 23.2 Å². The molecule has 0 saturated heterocycles. The first-order chi connectivity index (χ1) is 13.1. The lowest BCUT2D eigenvalue weighted by atomic mass is 9.95. The van der Waals surface area contributed by atoms with Crippen molar-refractivity contribution in [2.75, 3.05) is 0 Å². The van der Waals surface area contributed by atoms with E-state index in [9.17, 15) is 24.3 Å². The predicted molar refractivity (Wildman–Crippen MR) is 93.8 cm³/mol. The van der Waals surface area contributed by atoms with E-state index in [-0.39, 0.29) is 29.4 Å². The van der Waals surface area contributed by atoms with Gasteiger partial charge in [-0.3, -0.25) is 24.4 Å². The fourth-order valence-corrected chi connectivity index (χ4v) is 2.67. The van der Waals surface area contributed by atoms with E-state index < -0.39 is 17.2 Å². The van der Waals surface area contributed by atoms with Crippen molar-refractivity contribution in [2.45, 2.75) is 0 Å². The van der Waals surface area contributed by atoms with E-state index in [4.69, 9.17) is 0 Å². The van der Waals surface area contributed by atoms with Gasteiger partial charge in [-0.2, -0.15) is 0 Å². The van der Waals surface area contributed by atoms with E-state index in [0.717, 1.165) is 0 Å². The Hall–Kier alpha value is -4.07. The van der Waals surface area contributed by atoms with Gasteiger partial charge in [-0.1, -0.05) is 6.07 Å². The Morgan fingerprint density at radius 2 is 1.52 bits per heavy atom. The monoisotopic (exact) mass is 361 g/mol. The van der Waals surface area contributed by atoms with E-state index >= 15 is 0 Å². The van der Waals surface area contributed by atoms with Gasteiger partial charge in [-0.05, 0) is 24.3 Å². The minimum absolute atomic E-state index is 0.0659. The molecule has 8 nitrogen and oxygen atoms in total. The zero-order chi connectivity index (χ0) is 19.4. The largest absolute Gasteiger partial charge is 0.476 e. The third-order valence-electron chi connectivity index (χ3n) is 3.84. The van der Waals surface area contributed by atoms with E-state index in [1.165, 1.54) is 6.20 Å². The van der Waals surface area contributed by atoms with Gasteiger partial charge < -0.3 is 5.11 Å². The summed E-state index contributed by atoms with van der Waals surface area (Å²) in [4.78, 5) is 58.5. The highest BCUT2D eigenvalue weighted by molar-refractivity contribution is 6.08. The predicted octanol–water partition coefficient (Wildman–Crippen LogP) is 2.34. The molecule has 3 rings (SSSR count). The number of carbonyl (C=O) groups is 4. The first kappa shape index (κ1) is 17.7.